The van der Waals surface area contributed by atoms with E-state index in [4.69, 9.17) is 10.8 Å². The summed E-state index contributed by atoms with van der Waals surface area (Å²) in [5, 5.41) is 10.8. The van der Waals surface area contributed by atoms with Crippen molar-refractivity contribution in [1.29, 1.82) is 0 Å². The number of nitrogens with one attached hydrogen (secondary N) is 1. The fraction of sp³-hybridized carbons (Fsp3) is 0.381. The first kappa shape index (κ1) is 25.0. The van der Waals surface area contributed by atoms with Crippen LogP contribution in [0.3, 0.4) is 0 Å². The van der Waals surface area contributed by atoms with Gasteiger partial charge in [0, 0.05) is 5.56 Å². The monoisotopic (exact) mass is 601 g/mol. The molecule has 7 heteroatoms. The van der Waals surface area contributed by atoms with E-state index < -0.39 is 11.9 Å². The van der Waals surface area contributed by atoms with Crippen molar-refractivity contribution in [2.24, 2.45) is 5.92 Å². The molecule has 1 heterocycles. The van der Waals surface area contributed by atoms with Gasteiger partial charge in [-0.1, -0.05) is 56.0 Å². The minimum atomic E-state index is -0.868. The minimum absolute atomic E-state index is 0.0282. The molecule has 2 aromatic rings. The quantitative estimate of drug-likeness (QED) is 0.331. The van der Waals surface area contributed by atoms with Crippen molar-refractivity contribution in [1.82, 2.24) is 0 Å². The standard InChI is InChI=1S/C14H12O3S.C7H13N.ClH.Pt/c1-9(14(16)17)10-4-6-11(7-5-10)13(15)12-3-2-8-18-12;1-6-4-2-3-5-7(6)8;;/h2-9H,1H3,(H,16,17);6-8H,1-5H2;1H;/q;-2;;+1/p-1. The van der Waals surface area contributed by atoms with Crippen molar-refractivity contribution >= 4 is 32.5 Å². The van der Waals surface area contributed by atoms with Crippen LogP contribution in [-0.2, 0) is 23.6 Å². The molecule has 0 radical (unpaired) electrons. The maximum absolute atomic E-state index is 12.0. The molecule has 1 saturated carbocycles. The zero-order valence-corrected chi connectivity index (χ0v) is 19.5. The summed E-state index contributed by atoms with van der Waals surface area (Å²) < 4.78 is 0. The number of carbonyl (C=O) groups is 2. The van der Waals surface area contributed by atoms with Gasteiger partial charge in [-0.15, -0.1) is 11.3 Å². The summed E-state index contributed by atoms with van der Waals surface area (Å²) in [6.45, 7) is 5.51. The molecule has 3 unspecified atom stereocenters. The van der Waals surface area contributed by atoms with Gasteiger partial charge in [0.1, 0.15) is 0 Å². The van der Waals surface area contributed by atoms with E-state index in [1.165, 1.54) is 30.6 Å². The second kappa shape index (κ2) is 13.3. The summed E-state index contributed by atoms with van der Waals surface area (Å²) in [7, 11) is 4.61. The molecule has 0 aliphatic heterocycles. The van der Waals surface area contributed by atoms with Crippen LogP contribution in [0.5, 0.6) is 0 Å². The van der Waals surface area contributed by atoms with Crippen LogP contribution in [0, 0.1) is 12.8 Å². The van der Waals surface area contributed by atoms with Crippen LogP contribution in [0.15, 0.2) is 41.8 Å². The number of carboxylic acids is 1. The van der Waals surface area contributed by atoms with E-state index in [-0.39, 0.29) is 11.8 Å². The molecule has 2 N–H and O–H groups in total. The summed E-state index contributed by atoms with van der Waals surface area (Å²) in [5.74, 6) is -1.04. The van der Waals surface area contributed by atoms with Gasteiger partial charge in [0.25, 0.3) is 0 Å². The molecular formula is C21H25ClNO3PtS-2. The van der Waals surface area contributed by atoms with Crippen molar-refractivity contribution in [3.63, 3.8) is 0 Å². The third-order valence-electron chi connectivity index (χ3n) is 4.70. The maximum atomic E-state index is 12.0. The summed E-state index contributed by atoms with van der Waals surface area (Å²) in [6, 6.07) is 10.5. The molecule has 1 aromatic carbocycles. The Morgan fingerprint density at radius 2 is 1.82 bits per heavy atom. The van der Waals surface area contributed by atoms with Gasteiger partial charge < -0.3 is 17.8 Å². The van der Waals surface area contributed by atoms with E-state index in [2.05, 4.69) is 16.3 Å². The molecule has 28 heavy (non-hydrogen) atoms. The number of ketones is 1. The fourth-order valence-corrected chi connectivity index (χ4v) is 3.51. The van der Waals surface area contributed by atoms with Crippen LogP contribution in [0.1, 0.15) is 59.3 Å². The number of aliphatic carboxylic acids is 1. The van der Waals surface area contributed by atoms with Crippen molar-refractivity contribution < 1.29 is 33.5 Å². The van der Waals surface area contributed by atoms with E-state index in [1.807, 2.05) is 11.4 Å². The first-order valence-electron chi connectivity index (χ1n) is 8.97. The molecule has 0 bridgehead atoms. The topological polar surface area (TPSA) is 78.2 Å². The Morgan fingerprint density at radius 3 is 2.25 bits per heavy atom. The second-order valence-electron chi connectivity index (χ2n) is 6.64. The van der Waals surface area contributed by atoms with Crippen LogP contribution < -0.4 is 0 Å². The van der Waals surface area contributed by atoms with Crippen LogP contribution in [0.2, 0.25) is 0 Å². The average Bonchev–Trinajstić information content (AvgIpc) is 3.26. The molecule has 3 rings (SSSR count). The number of carbonyl (C=O) groups excluding carboxylic acids is 1. The van der Waals surface area contributed by atoms with Gasteiger partial charge in [-0.2, -0.15) is 12.0 Å². The van der Waals surface area contributed by atoms with Crippen molar-refractivity contribution in [3.8, 4) is 0 Å². The molecular weight excluding hydrogens is 577 g/mol. The van der Waals surface area contributed by atoms with E-state index >= 15 is 0 Å². The Hall–Kier alpha value is -1.00. The van der Waals surface area contributed by atoms with Crippen molar-refractivity contribution in [2.75, 3.05) is 0 Å². The number of benzene rings is 1. The first-order valence-corrected chi connectivity index (χ1v) is 12.7. The van der Waals surface area contributed by atoms with Gasteiger partial charge in [-0.25, -0.2) is 0 Å². The Labute approximate surface area is 186 Å². The third kappa shape index (κ3) is 7.79. The van der Waals surface area contributed by atoms with E-state index in [0.29, 0.717) is 21.9 Å². The number of carboxylic acid groups (broad SMARTS) is 1. The van der Waals surface area contributed by atoms with Gasteiger partial charge in [0.2, 0.25) is 5.78 Å². The number of hydrogen-bond acceptors (Lipinski definition) is 3. The third-order valence-corrected chi connectivity index (χ3v) is 5.57. The second-order valence-corrected chi connectivity index (χ2v) is 7.59. The summed E-state index contributed by atoms with van der Waals surface area (Å²) in [6.07, 6.45) is 4.80. The fourth-order valence-electron chi connectivity index (χ4n) is 2.82. The molecule has 0 amide bonds. The van der Waals surface area contributed by atoms with Gasteiger partial charge in [0.05, 0.1) is 10.8 Å². The average molecular weight is 602 g/mol. The Bertz CT molecular complexity index is 712. The van der Waals surface area contributed by atoms with Gasteiger partial charge >= 0.3 is 34.2 Å². The van der Waals surface area contributed by atoms with E-state index in [9.17, 15) is 9.59 Å². The Kier molecular flexibility index (Phi) is 11.9. The van der Waals surface area contributed by atoms with Gasteiger partial charge in [-0.05, 0) is 23.9 Å². The summed E-state index contributed by atoms with van der Waals surface area (Å²) in [4.78, 5) is 23.5. The Balaban J connectivity index is 0.000000327. The van der Waals surface area contributed by atoms with Gasteiger partial charge in [-0.3, -0.25) is 9.59 Å². The van der Waals surface area contributed by atoms with E-state index in [0.717, 1.165) is 6.42 Å². The van der Waals surface area contributed by atoms with E-state index in [1.54, 1.807) is 56.0 Å². The number of thiophene rings is 1. The molecule has 0 saturated heterocycles. The SMILES string of the molecule is CC(C(=O)O)c1ccc(C(=O)c2cccs2)cc1.[CH2-]C1CCCCC1[NH-].[Cl][Pt]. The zero-order chi connectivity index (χ0) is 21.1. The van der Waals surface area contributed by atoms with Crippen molar-refractivity contribution in [2.45, 2.75) is 44.6 Å². The number of halogens is 1. The zero-order valence-electron chi connectivity index (χ0n) is 15.7. The van der Waals surface area contributed by atoms with Crippen LogP contribution in [0.25, 0.3) is 5.73 Å². The van der Waals surface area contributed by atoms with Crippen LogP contribution >= 0.6 is 20.8 Å². The molecule has 1 aromatic heterocycles. The predicted octanol–water partition coefficient (Wildman–Crippen LogP) is 6.29. The van der Waals surface area contributed by atoms with Crippen molar-refractivity contribution in [3.05, 3.63) is 70.4 Å². The predicted molar refractivity (Wildman–Crippen MR) is 112 cm³/mol. The number of rotatable bonds is 4. The van der Waals surface area contributed by atoms with Gasteiger partial charge in [0.15, 0.2) is 0 Å². The molecule has 157 valence electrons. The van der Waals surface area contributed by atoms with Crippen LogP contribution in [0.4, 0.5) is 0 Å². The first-order chi connectivity index (χ1) is 13.4. The van der Waals surface area contributed by atoms with Crippen LogP contribution in [-0.4, -0.2) is 22.9 Å². The Morgan fingerprint density at radius 1 is 1.21 bits per heavy atom. The normalized spacial score (nSPS) is 19.4. The summed E-state index contributed by atoms with van der Waals surface area (Å²) >= 11 is 3.01. The molecule has 4 nitrogen and oxygen atoms in total. The molecule has 0 spiro atoms. The molecule has 1 aliphatic carbocycles. The number of hydrogen-bond donors (Lipinski definition) is 1. The molecule has 1 fully saturated rings. The molecule has 1 aliphatic rings. The molecule has 3 atom stereocenters. The summed E-state index contributed by atoms with van der Waals surface area (Å²) in [5.41, 5.74) is 8.70.